The molecule has 1 rings (SSSR count). The van der Waals surface area contributed by atoms with Crippen molar-refractivity contribution >= 4 is 6.09 Å². The van der Waals surface area contributed by atoms with Crippen LogP contribution < -0.4 is 10.6 Å². The molecule has 0 bridgehead atoms. The fourth-order valence-electron chi connectivity index (χ4n) is 1.55. The third-order valence-electron chi connectivity index (χ3n) is 2.31. The molecule has 0 aliphatic rings. The lowest BCUT2D eigenvalue weighted by Gasteiger charge is -2.20. The molecule has 0 saturated heterocycles. The molecule has 1 amide bonds. The molecule has 2 N–H and O–H groups in total. The Morgan fingerprint density at radius 1 is 1.42 bits per heavy atom. The third kappa shape index (κ3) is 7.46. The standard InChI is InChI=1S/C13H24N4O2/c1-11(10-17-9-5-6-16-17)14-7-8-15-12(18)19-13(2,3)4/h5-6,9,11,14H,7-8,10H2,1-4H3,(H,15,18). The van der Waals surface area contributed by atoms with Crippen LogP contribution in [0.3, 0.4) is 0 Å². The SMILES string of the molecule is CC(Cn1cccn1)NCCNC(=O)OC(C)(C)C. The van der Waals surface area contributed by atoms with Crippen LogP contribution in [0.1, 0.15) is 27.7 Å². The number of nitrogens with one attached hydrogen (secondary N) is 2. The Morgan fingerprint density at radius 2 is 2.16 bits per heavy atom. The van der Waals surface area contributed by atoms with E-state index in [2.05, 4.69) is 22.7 Å². The molecule has 0 spiro atoms. The summed E-state index contributed by atoms with van der Waals surface area (Å²) in [6.45, 7) is 9.65. The fourth-order valence-corrected chi connectivity index (χ4v) is 1.55. The number of carbonyl (C=O) groups excluding carboxylic acids is 1. The van der Waals surface area contributed by atoms with Crippen molar-refractivity contribution in [3.05, 3.63) is 18.5 Å². The average molecular weight is 268 g/mol. The molecule has 1 unspecified atom stereocenters. The van der Waals surface area contributed by atoms with Gasteiger partial charge in [-0.25, -0.2) is 4.79 Å². The zero-order chi connectivity index (χ0) is 14.3. The number of aromatic nitrogens is 2. The molecule has 0 fully saturated rings. The van der Waals surface area contributed by atoms with E-state index in [9.17, 15) is 4.79 Å². The predicted molar refractivity (Wildman–Crippen MR) is 73.9 cm³/mol. The van der Waals surface area contributed by atoms with Crippen LogP contribution in [0, 0.1) is 0 Å². The predicted octanol–water partition coefficient (Wildman–Crippen LogP) is 1.39. The Kier molecular flexibility index (Phi) is 5.82. The van der Waals surface area contributed by atoms with Crippen molar-refractivity contribution in [1.82, 2.24) is 20.4 Å². The summed E-state index contributed by atoms with van der Waals surface area (Å²) >= 11 is 0. The average Bonchev–Trinajstić information content (AvgIpc) is 2.74. The first-order chi connectivity index (χ1) is 8.87. The number of amides is 1. The molecule has 1 aromatic rings. The molecular weight excluding hydrogens is 244 g/mol. The van der Waals surface area contributed by atoms with E-state index in [0.29, 0.717) is 19.1 Å². The number of rotatable bonds is 6. The molecular formula is C13H24N4O2. The van der Waals surface area contributed by atoms with Gasteiger partial charge in [0.15, 0.2) is 0 Å². The first kappa shape index (κ1) is 15.5. The number of carbonyl (C=O) groups is 1. The number of nitrogens with zero attached hydrogens (tertiary/aromatic N) is 2. The van der Waals surface area contributed by atoms with E-state index in [-0.39, 0.29) is 6.09 Å². The number of hydrogen-bond acceptors (Lipinski definition) is 4. The molecule has 0 aliphatic carbocycles. The second-order valence-electron chi connectivity index (χ2n) is 5.51. The Labute approximate surface area is 114 Å². The summed E-state index contributed by atoms with van der Waals surface area (Å²) in [7, 11) is 0. The van der Waals surface area contributed by atoms with E-state index < -0.39 is 5.60 Å². The summed E-state index contributed by atoms with van der Waals surface area (Å²) in [6, 6.07) is 2.19. The molecule has 19 heavy (non-hydrogen) atoms. The lowest BCUT2D eigenvalue weighted by atomic mass is 10.2. The van der Waals surface area contributed by atoms with Crippen molar-refractivity contribution in [3.8, 4) is 0 Å². The Bertz CT molecular complexity index is 370. The van der Waals surface area contributed by atoms with E-state index in [0.717, 1.165) is 6.54 Å². The van der Waals surface area contributed by atoms with E-state index in [4.69, 9.17) is 4.74 Å². The molecule has 0 saturated carbocycles. The monoisotopic (exact) mass is 268 g/mol. The molecule has 0 aliphatic heterocycles. The summed E-state index contributed by atoms with van der Waals surface area (Å²) in [5.74, 6) is 0. The van der Waals surface area contributed by atoms with Crippen LogP contribution in [0.2, 0.25) is 0 Å². The first-order valence-corrected chi connectivity index (χ1v) is 6.54. The molecule has 0 aromatic carbocycles. The van der Waals surface area contributed by atoms with Crippen molar-refractivity contribution in [2.75, 3.05) is 13.1 Å². The number of ether oxygens (including phenoxy) is 1. The van der Waals surface area contributed by atoms with Crippen LogP contribution in [0.5, 0.6) is 0 Å². The van der Waals surface area contributed by atoms with Crippen LogP contribution in [-0.2, 0) is 11.3 Å². The lowest BCUT2D eigenvalue weighted by Crippen LogP contribution is -2.39. The summed E-state index contributed by atoms with van der Waals surface area (Å²) in [4.78, 5) is 11.4. The van der Waals surface area contributed by atoms with E-state index in [1.54, 1.807) is 6.20 Å². The van der Waals surface area contributed by atoms with Crippen molar-refractivity contribution in [2.45, 2.75) is 45.9 Å². The van der Waals surface area contributed by atoms with Gasteiger partial charge in [-0.2, -0.15) is 5.10 Å². The molecule has 1 aromatic heterocycles. The zero-order valence-electron chi connectivity index (χ0n) is 12.1. The summed E-state index contributed by atoms with van der Waals surface area (Å²) in [5, 5.41) is 10.2. The van der Waals surface area contributed by atoms with Crippen LogP contribution in [-0.4, -0.2) is 40.6 Å². The Hall–Kier alpha value is -1.56. The normalized spacial score (nSPS) is 13.1. The molecule has 6 nitrogen and oxygen atoms in total. The van der Waals surface area contributed by atoms with Crippen LogP contribution in [0.25, 0.3) is 0 Å². The Morgan fingerprint density at radius 3 is 2.74 bits per heavy atom. The maximum Gasteiger partial charge on any atom is 0.407 e. The minimum absolute atomic E-state index is 0.292. The smallest absolute Gasteiger partial charge is 0.407 e. The molecule has 1 heterocycles. The van der Waals surface area contributed by atoms with Crippen molar-refractivity contribution in [3.63, 3.8) is 0 Å². The maximum atomic E-state index is 11.4. The van der Waals surface area contributed by atoms with Gasteiger partial charge in [0.1, 0.15) is 5.60 Å². The van der Waals surface area contributed by atoms with Gasteiger partial charge < -0.3 is 15.4 Å². The second kappa shape index (κ2) is 7.13. The number of alkyl carbamates (subject to hydrolysis) is 1. The van der Waals surface area contributed by atoms with Crippen molar-refractivity contribution in [2.24, 2.45) is 0 Å². The van der Waals surface area contributed by atoms with Crippen LogP contribution in [0.4, 0.5) is 4.79 Å². The van der Waals surface area contributed by atoms with Crippen LogP contribution >= 0.6 is 0 Å². The molecule has 108 valence electrons. The van der Waals surface area contributed by atoms with Gasteiger partial charge in [0.05, 0.1) is 6.54 Å². The highest BCUT2D eigenvalue weighted by Gasteiger charge is 2.15. The van der Waals surface area contributed by atoms with Gasteiger partial charge >= 0.3 is 6.09 Å². The molecule has 6 heteroatoms. The highest BCUT2D eigenvalue weighted by Crippen LogP contribution is 2.05. The second-order valence-corrected chi connectivity index (χ2v) is 5.51. The fraction of sp³-hybridized carbons (Fsp3) is 0.692. The Balaban J connectivity index is 2.09. The first-order valence-electron chi connectivity index (χ1n) is 6.54. The summed E-state index contributed by atoms with van der Waals surface area (Å²) in [6.07, 6.45) is 3.31. The summed E-state index contributed by atoms with van der Waals surface area (Å²) < 4.78 is 7.01. The van der Waals surface area contributed by atoms with Gasteiger partial charge in [0.25, 0.3) is 0 Å². The van der Waals surface area contributed by atoms with E-state index in [1.807, 2.05) is 37.7 Å². The quantitative estimate of drug-likeness (QED) is 0.765. The largest absolute Gasteiger partial charge is 0.444 e. The van der Waals surface area contributed by atoms with Gasteiger partial charge in [-0.15, -0.1) is 0 Å². The highest BCUT2D eigenvalue weighted by atomic mass is 16.6. The van der Waals surface area contributed by atoms with Gasteiger partial charge in [-0.1, -0.05) is 0 Å². The molecule has 0 radical (unpaired) electrons. The minimum atomic E-state index is -0.453. The lowest BCUT2D eigenvalue weighted by molar-refractivity contribution is 0.0528. The van der Waals surface area contributed by atoms with Crippen LogP contribution in [0.15, 0.2) is 18.5 Å². The van der Waals surface area contributed by atoms with Crippen molar-refractivity contribution < 1.29 is 9.53 Å². The molecule has 1 atom stereocenters. The van der Waals surface area contributed by atoms with Gasteiger partial charge in [0.2, 0.25) is 0 Å². The zero-order valence-corrected chi connectivity index (χ0v) is 12.1. The van der Waals surface area contributed by atoms with E-state index in [1.165, 1.54) is 0 Å². The van der Waals surface area contributed by atoms with Crippen molar-refractivity contribution in [1.29, 1.82) is 0 Å². The topological polar surface area (TPSA) is 68.2 Å². The highest BCUT2D eigenvalue weighted by molar-refractivity contribution is 5.67. The number of hydrogen-bond donors (Lipinski definition) is 2. The van der Waals surface area contributed by atoms with Gasteiger partial charge in [-0.05, 0) is 33.8 Å². The van der Waals surface area contributed by atoms with E-state index >= 15 is 0 Å². The summed E-state index contributed by atoms with van der Waals surface area (Å²) in [5.41, 5.74) is -0.453. The van der Waals surface area contributed by atoms with Gasteiger partial charge in [-0.3, -0.25) is 4.68 Å². The maximum absolute atomic E-state index is 11.4. The third-order valence-corrected chi connectivity index (χ3v) is 2.31. The van der Waals surface area contributed by atoms with Gasteiger partial charge in [0, 0.05) is 31.5 Å². The minimum Gasteiger partial charge on any atom is -0.444 e.